The van der Waals surface area contributed by atoms with Crippen molar-refractivity contribution in [3.8, 4) is 0 Å². The van der Waals surface area contributed by atoms with Gasteiger partial charge in [0.15, 0.2) is 0 Å². The molecule has 0 radical (unpaired) electrons. The summed E-state index contributed by atoms with van der Waals surface area (Å²) in [5, 5.41) is 3.71. The lowest BCUT2D eigenvalue weighted by Gasteiger charge is -2.18. The van der Waals surface area contributed by atoms with Gasteiger partial charge < -0.3 is 5.32 Å². The Morgan fingerprint density at radius 2 is 1.80 bits per heavy atom. The van der Waals surface area contributed by atoms with Crippen molar-refractivity contribution in [2.24, 2.45) is 0 Å². The Morgan fingerprint density at radius 3 is 2.45 bits per heavy atom. The van der Waals surface area contributed by atoms with Crippen LogP contribution in [0.5, 0.6) is 0 Å². The lowest BCUT2D eigenvalue weighted by molar-refractivity contribution is 0.508. The Bertz CT molecular complexity index is 370. The number of hydrogen-bond acceptors (Lipinski definition) is 1. The summed E-state index contributed by atoms with van der Waals surface area (Å²) in [4.78, 5) is 0. The third-order valence-electron chi connectivity index (χ3n) is 4.23. The van der Waals surface area contributed by atoms with E-state index >= 15 is 0 Å². The van der Waals surface area contributed by atoms with Gasteiger partial charge in [0.2, 0.25) is 0 Å². The molecule has 1 nitrogen and oxygen atoms in total. The SMILES string of the molecule is CCCCCCCC(CNC1CC1)c1ccc(Br)cc1. The van der Waals surface area contributed by atoms with Gasteiger partial charge >= 0.3 is 0 Å². The van der Waals surface area contributed by atoms with Gasteiger partial charge in [-0.15, -0.1) is 0 Å². The van der Waals surface area contributed by atoms with Crippen LogP contribution in [0.4, 0.5) is 0 Å². The second-order valence-electron chi connectivity index (χ2n) is 6.13. The summed E-state index contributed by atoms with van der Waals surface area (Å²) < 4.78 is 1.18. The number of unbranched alkanes of at least 4 members (excludes halogenated alkanes) is 4. The summed E-state index contributed by atoms with van der Waals surface area (Å²) in [6, 6.07) is 9.74. The molecule has 0 amide bonds. The highest BCUT2D eigenvalue weighted by Gasteiger charge is 2.22. The number of hydrogen-bond donors (Lipinski definition) is 1. The fourth-order valence-electron chi connectivity index (χ4n) is 2.71. The molecule has 0 bridgehead atoms. The van der Waals surface area contributed by atoms with Crippen LogP contribution in [0.15, 0.2) is 28.7 Å². The minimum absolute atomic E-state index is 0.685. The zero-order chi connectivity index (χ0) is 14.2. The normalized spacial score (nSPS) is 16.3. The quantitative estimate of drug-likeness (QED) is 0.544. The van der Waals surface area contributed by atoms with Crippen LogP contribution in [0.25, 0.3) is 0 Å². The molecule has 0 aliphatic heterocycles. The molecule has 1 aromatic rings. The second kappa shape index (κ2) is 8.84. The topological polar surface area (TPSA) is 12.0 Å². The van der Waals surface area contributed by atoms with E-state index in [1.54, 1.807) is 0 Å². The second-order valence-corrected chi connectivity index (χ2v) is 7.05. The predicted octanol–water partition coefficient (Wildman–Crippen LogP) is 5.65. The number of benzene rings is 1. The van der Waals surface area contributed by atoms with E-state index in [0.717, 1.165) is 12.6 Å². The van der Waals surface area contributed by atoms with Crippen molar-refractivity contribution < 1.29 is 0 Å². The van der Waals surface area contributed by atoms with Crippen molar-refractivity contribution in [1.29, 1.82) is 0 Å². The Kier molecular flexibility index (Phi) is 7.09. The lowest BCUT2D eigenvalue weighted by Crippen LogP contribution is -2.23. The summed E-state index contributed by atoms with van der Waals surface area (Å²) in [6.07, 6.45) is 11.0. The molecule has 112 valence electrons. The van der Waals surface area contributed by atoms with Crippen LogP contribution in [0.1, 0.15) is 69.8 Å². The fraction of sp³-hybridized carbons (Fsp3) is 0.667. The van der Waals surface area contributed by atoms with Gasteiger partial charge in [-0.1, -0.05) is 67.1 Å². The van der Waals surface area contributed by atoms with Crippen LogP contribution < -0.4 is 5.32 Å². The van der Waals surface area contributed by atoms with Gasteiger partial charge in [0.25, 0.3) is 0 Å². The Morgan fingerprint density at radius 1 is 1.10 bits per heavy atom. The van der Waals surface area contributed by atoms with Crippen LogP contribution in [0, 0.1) is 0 Å². The molecule has 1 N–H and O–H groups in total. The average Bonchev–Trinajstić information content (AvgIpc) is 3.27. The maximum Gasteiger partial charge on any atom is 0.0175 e. The van der Waals surface area contributed by atoms with E-state index in [0.29, 0.717) is 5.92 Å². The van der Waals surface area contributed by atoms with Gasteiger partial charge in [-0.05, 0) is 42.9 Å². The monoisotopic (exact) mass is 337 g/mol. The Hall–Kier alpha value is -0.340. The molecule has 1 aliphatic carbocycles. The lowest BCUT2D eigenvalue weighted by atomic mass is 9.93. The summed E-state index contributed by atoms with van der Waals surface area (Å²) in [5.74, 6) is 0.685. The molecule has 2 heteroatoms. The Labute approximate surface area is 132 Å². The summed E-state index contributed by atoms with van der Waals surface area (Å²) in [5.41, 5.74) is 1.50. The van der Waals surface area contributed by atoms with Crippen molar-refractivity contribution in [3.63, 3.8) is 0 Å². The molecule has 0 heterocycles. The minimum atomic E-state index is 0.685. The highest BCUT2D eigenvalue weighted by molar-refractivity contribution is 9.10. The van der Waals surface area contributed by atoms with E-state index in [4.69, 9.17) is 0 Å². The predicted molar refractivity (Wildman–Crippen MR) is 91.3 cm³/mol. The minimum Gasteiger partial charge on any atom is -0.313 e. The summed E-state index contributed by atoms with van der Waals surface area (Å²) in [6.45, 7) is 3.43. The maximum absolute atomic E-state index is 3.71. The van der Waals surface area contributed by atoms with Crippen LogP contribution in [-0.2, 0) is 0 Å². The largest absolute Gasteiger partial charge is 0.313 e. The maximum atomic E-state index is 3.71. The molecule has 2 rings (SSSR count). The van der Waals surface area contributed by atoms with E-state index < -0.39 is 0 Å². The fourth-order valence-corrected chi connectivity index (χ4v) is 2.98. The molecular weight excluding hydrogens is 310 g/mol. The van der Waals surface area contributed by atoms with Gasteiger partial charge in [-0.3, -0.25) is 0 Å². The molecule has 0 saturated heterocycles. The van der Waals surface area contributed by atoms with Crippen molar-refractivity contribution >= 4 is 15.9 Å². The van der Waals surface area contributed by atoms with Crippen LogP contribution >= 0.6 is 15.9 Å². The molecule has 1 unspecified atom stereocenters. The van der Waals surface area contributed by atoms with Crippen molar-refractivity contribution in [1.82, 2.24) is 5.32 Å². The van der Waals surface area contributed by atoms with Gasteiger partial charge in [0.1, 0.15) is 0 Å². The number of rotatable bonds is 10. The highest BCUT2D eigenvalue weighted by atomic mass is 79.9. The smallest absolute Gasteiger partial charge is 0.0175 e. The summed E-state index contributed by atoms with van der Waals surface area (Å²) in [7, 11) is 0. The van der Waals surface area contributed by atoms with Gasteiger partial charge in [-0.2, -0.15) is 0 Å². The first-order valence-electron chi connectivity index (χ1n) is 8.28. The van der Waals surface area contributed by atoms with E-state index in [1.807, 2.05) is 0 Å². The molecule has 1 saturated carbocycles. The van der Waals surface area contributed by atoms with E-state index in [9.17, 15) is 0 Å². The average molecular weight is 338 g/mol. The van der Waals surface area contributed by atoms with Crippen molar-refractivity contribution in [2.45, 2.75) is 70.3 Å². The molecule has 1 atom stereocenters. The first-order valence-corrected chi connectivity index (χ1v) is 9.07. The molecule has 1 fully saturated rings. The first-order chi connectivity index (χ1) is 9.79. The molecule has 20 heavy (non-hydrogen) atoms. The van der Waals surface area contributed by atoms with Crippen LogP contribution in [0.3, 0.4) is 0 Å². The molecular formula is C18H28BrN. The number of nitrogens with one attached hydrogen (secondary N) is 1. The summed E-state index contributed by atoms with van der Waals surface area (Å²) >= 11 is 3.53. The molecule has 0 spiro atoms. The molecule has 1 aliphatic rings. The third-order valence-corrected chi connectivity index (χ3v) is 4.76. The standard InChI is InChI=1S/C18H28BrN/c1-2-3-4-5-6-7-16(14-20-18-12-13-18)15-8-10-17(19)11-9-15/h8-11,16,18,20H,2-7,12-14H2,1H3. The zero-order valence-corrected chi connectivity index (χ0v) is 14.3. The third kappa shape index (κ3) is 5.97. The number of halogens is 1. The van der Waals surface area contributed by atoms with E-state index in [-0.39, 0.29) is 0 Å². The van der Waals surface area contributed by atoms with E-state index in [1.165, 1.54) is 61.4 Å². The first kappa shape index (κ1) is 16.0. The van der Waals surface area contributed by atoms with Crippen LogP contribution in [0.2, 0.25) is 0 Å². The molecule has 1 aromatic carbocycles. The van der Waals surface area contributed by atoms with Crippen molar-refractivity contribution in [3.05, 3.63) is 34.3 Å². The van der Waals surface area contributed by atoms with Crippen molar-refractivity contribution in [2.75, 3.05) is 6.54 Å². The van der Waals surface area contributed by atoms with Gasteiger partial charge in [0.05, 0.1) is 0 Å². The highest BCUT2D eigenvalue weighted by Crippen LogP contribution is 2.26. The zero-order valence-electron chi connectivity index (χ0n) is 12.7. The van der Waals surface area contributed by atoms with E-state index in [2.05, 4.69) is 52.4 Å². The van der Waals surface area contributed by atoms with Gasteiger partial charge in [0, 0.05) is 17.1 Å². The Balaban J connectivity index is 1.80. The van der Waals surface area contributed by atoms with Gasteiger partial charge in [-0.25, -0.2) is 0 Å². The molecule has 0 aromatic heterocycles. The van der Waals surface area contributed by atoms with Crippen LogP contribution in [-0.4, -0.2) is 12.6 Å².